The molecule has 1 fully saturated rings. The molecule has 0 bridgehead atoms. The molecule has 1 heterocycles. The van der Waals surface area contributed by atoms with Crippen LogP contribution in [0.5, 0.6) is 11.5 Å². The largest absolute Gasteiger partial charge is 0.493 e. The summed E-state index contributed by atoms with van der Waals surface area (Å²) in [5.74, 6) is 0.897. The average molecular weight is 477 g/mol. The quantitative estimate of drug-likeness (QED) is 0.236. The number of nitrogens with zero attached hydrogens (tertiary/aromatic N) is 2. The number of imide groups is 1. The SMILES string of the molecule is COc1ccccc1OCCN1C(=O)S/C(=C\c2ccc(SCCO)c([N+](=O)[O-])c2)C1=O. The minimum absolute atomic E-state index is 0.0525. The topological polar surface area (TPSA) is 119 Å². The van der Waals surface area contributed by atoms with Crippen LogP contribution < -0.4 is 9.47 Å². The first-order valence-corrected chi connectivity index (χ1v) is 11.3. The van der Waals surface area contributed by atoms with E-state index in [1.807, 2.05) is 0 Å². The highest BCUT2D eigenvalue weighted by Gasteiger charge is 2.35. The van der Waals surface area contributed by atoms with E-state index in [9.17, 15) is 19.7 Å². The molecule has 11 heteroatoms. The maximum atomic E-state index is 12.7. The lowest BCUT2D eigenvalue weighted by atomic mass is 10.2. The lowest BCUT2D eigenvalue weighted by Gasteiger charge is -2.14. The maximum absolute atomic E-state index is 12.7. The third kappa shape index (κ3) is 5.61. The number of aliphatic hydroxyl groups excluding tert-OH is 1. The highest BCUT2D eigenvalue weighted by Crippen LogP contribution is 2.35. The van der Waals surface area contributed by atoms with Crippen molar-refractivity contribution in [3.05, 3.63) is 63.0 Å². The normalized spacial score (nSPS) is 14.8. The van der Waals surface area contributed by atoms with Crippen LogP contribution in [-0.4, -0.2) is 58.7 Å². The van der Waals surface area contributed by atoms with E-state index in [1.165, 1.54) is 31.0 Å². The van der Waals surface area contributed by atoms with Crippen molar-refractivity contribution in [3.8, 4) is 11.5 Å². The zero-order chi connectivity index (χ0) is 23.1. The molecule has 2 aromatic carbocycles. The standard InChI is InChI=1S/C21H20N2O7S2/c1-29-16-4-2-3-5-17(16)30-10-8-22-20(25)19(32-21(22)26)13-14-6-7-18(31-11-9-24)15(12-14)23(27)28/h2-7,12-13,24H,8-11H2,1H3/b19-13-. The number of rotatable bonds is 10. The van der Waals surface area contributed by atoms with E-state index in [2.05, 4.69) is 0 Å². The Labute approximate surface area is 192 Å². The number of amides is 2. The molecule has 0 aliphatic carbocycles. The zero-order valence-corrected chi connectivity index (χ0v) is 18.7. The number of ether oxygens (including phenoxy) is 2. The van der Waals surface area contributed by atoms with Crippen LogP contribution in [0.1, 0.15) is 5.56 Å². The molecule has 0 atom stereocenters. The summed E-state index contributed by atoms with van der Waals surface area (Å²) in [6.07, 6.45) is 1.46. The van der Waals surface area contributed by atoms with Gasteiger partial charge in [0.15, 0.2) is 11.5 Å². The Balaban J connectivity index is 1.69. The first kappa shape index (κ1) is 23.6. The number of carbonyl (C=O) groups is 2. The van der Waals surface area contributed by atoms with Gasteiger partial charge in [0.1, 0.15) is 6.61 Å². The van der Waals surface area contributed by atoms with E-state index in [-0.39, 0.29) is 30.4 Å². The molecule has 3 rings (SSSR count). The Hall–Kier alpha value is -3.02. The molecule has 1 N–H and O–H groups in total. The minimum atomic E-state index is -0.516. The molecule has 9 nitrogen and oxygen atoms in total. The van der Waals surface area contributed by atoms with Gasteiger partial charge in [0.2, 0.25) is 0 Å². The first-order chi connectivity index (χ1) is 15.4. The third-order valence-electron chi connectivity index (χ3n) is 4.34. The van der Waals surface area contributed by atoms with Crippen LogP contribution in [0.15, 0.2) is 52.3 Å². The number of nitro benzene ring substituents is 1. The van der Waals surface area contributed by atoms with E-state index in [0.717, 1.165) is 16.7 Å². The van der Waals surface area contributed by atoms with Crippen LogP contribution in [0.25, 0.3) is 6.08 Å². The van der Waals surface area contributed by atoms with Gasteiger partial charge in [-0.05, 0) is 41.6 Å². The number of para-hydroxylation sites is 2. The van der Waals surface area contributed by atoms with Gasteiger partial charge in [-0.25, -0.2) is 0 Å². The smallest absolute Gasteiger partial charge is 0.293 e. The Bertz CT molecular complexity index is 1060. The number of benzene rings is 2. The monoisotopic (exact) mass is 476 g/mol. The van der Waals surface area contributed by atoms with Crippen molar-refractivity contribution in [3.63, 3.8) is 0 Å². The highest BCUT2D eigenvalue weighted by molar-refractivity contribution is 8.18. The van der Waals surface area contributed by atoms with E-state index >= 15 is 0 Å². The second-order valence-corrected chi connectivity index (χ2v) is 8.52. The van der Waals surface area contributed by atoms with Gasteiger partial charge in [0.25, 0.3) is 16.8 Å². The van der Waals surface area contributed by atoms with Crippen LogP contribution >= 0.6 is 23.5 Å². The van der Waals surface area contributed by atoms with Crippen LogP contribution in [0.4, 0.5) is 10.5 Å². The van der Waals surface area contributed by atoms with Crippen molar-refractivity contribution in [2.75, 3.05) is 32.6 Å². The van der Waals surface area contributed by atoms with Gasteiger partial charge in [0.05, 0.1) is 35.0 Å². The van der Waals surface area contributed by atoms with Gasteiger partial charge in [0, 0.05) is 11.8 Å². The molecule has 1 saturated heterocycles. The average Bonchev–Trinajstić information content (AvgIpc) is 3.05. The van der Waals surface area contributed by atoms with Crippen molar-refractivity contribution >= 4 is 46.4 Å². The van der Waals surface area contributed by atoms with Crippen LogP contribution in [0, 0.1) is 10.1 Å². The van der Waals surface area contributed by atoms with Crippen molar-refractivity contribution in [2.24, 2.45) is 0 Å². The number of hydrogen-bond donors (Lipinski definition) is 1. The summed E-state index contributed by atoms with van der Waals surface area (Å²) in [7, 11) is 1.52. The van der Waals surface area contributed by atoms with Gasteiger partial charge < -0.3 is 14.6 Å². The maximum Gasteiger partial charge on any atom is 0.293 e. The Morgan fingerprint density at radius 1 is 1.22 bits per heavy atom. The van der Waals surface area contributed by atoms with Gasteiger partial charge in [-0.15, -0.1) is 11.8 Å². The number of carbonyl (C=O) groups excluding carboxylic acids is 2. The summed E-state index contributed by atoms with van der Waals surface area (Å²) in [5, 5.41) is 19.9. The van der Waals surface area contributed by atoms with Crippen LogP contribution in [-0.2, 0) is 4.79 Å². The third-order valence-corrected chi connectivity index (χ3v) is 6.29. The van der Waals surface area contributed by atoms with E-state index < -0.39 is 16.1 Å². The lowest BCUT2D eigenvalue weighted by molar-refractivity contribution is -0.387. The summed E-state index contributed by atoms with van der Waals surface area (Å²) < 4.78 is 10.8. The fourth-order valence-electron chi connectivity index (χ4n) is 2.87. The molecule has 1 aliphatic heterocycles. The molecule has 2 aromatic rings. The molecule has 0 aromatic heterocycles. The second kappa shape index (κ2) is 11.0. The van der Waals surface area contributed by atoms with Crippen molar-refractivity contribution in [1.29, 1.82) is 0 Å². The van der Waals surface area contributed by atoms with Crippen molar-refractivity contribution < 1.29 is 29.1 Å². The summed E-state index contributed by atoms with van der Waals surface area (Å²) >= 11 is 1.94. The first-order valence-electron chi connectivity index (χ1n) is 9.48. The summed E-state index contributed by atoms with van der Waals surface area (Å²) in [5.41, 5.74) is 0.308. The number of aliphatic hydroxyl groups is 1. The summed E-state index contributed by atoms with van der Waals surface area (Å²) in [4.78, 5) is 37.5. The summed E-state index contributed by atoms with van der Waals surface area (Å²) in [6.45, 7) is 0.0440. The second-order valence-electron chi connectivity index (χ2n) is 6.39. The Kier molecular flexibility index (Phi) is 8.14. The van der Waals surface area contributed by atoms with Crippen LogP contribution in [0.2, 0.25) is 0 Å². The fourth-order valence-corrected chi connectivity index (χ4v) is 4.50. The zero-order valence-electron chi connectivity index (χ0n) is 17.1. The molecule has 0 saturated carbocycles. The Morgan fingerprint density at radius 3 is 2.66 bits per heavy atom. The van der Waals surface area contributed by atoms with Crippen molar-refractivity contribution in [2.45, 2.75) is 4.90 Å². The fraction of sp³-hybridized carbons (Fsp3) is 0.238. The van der Waals surface area contributed by atoms with Gasteiger partial charge in [-0.1, -0.05) is 18.2 Å². The Morgan fingerprint density at radius 2 is 1.97 bits per heavy atom. The molecule has 32 heavy (non-hydrogen) atoms. The van der Waals surface area contributed by atoms with Gasteiger partial charge in [-0.2, -0.15) is 0 Å². The number of nitro groups is 1. The number of methoxy groups -OCH3 is 1. The molecule has 1 aliphatic rings. The molecule has 0 spiro atoms. The van der Waals surface area contributed by atoms with Crippen molar-refractivity contribution in [1.82, 2.24) is 4.90 Å². The van der Waals surface area contributed by atoms with Crippen LogP contribution in [0.3, 0.4) is 0 Å². The number of thioether (sulfide) groups is 2. The molecule has 2 amide bonds. The van der Waals surface area contributed by atoms with E-state index in [4.69, 9.17) is 14.6 Å². The van der Waals surface area contributed by atoms with Gasteiger partial charge in [-0.3, -0.25) is 24.6 Å². The van der Waals surface area contributed by atoms with E-state index in [0.29, 0.717) is 27.7 Å². The molecule has 0 unspecified atom stereocenters. The molecule has 168 valence electrons. The van der Waals surface area contributed by atoms with E-state index in [1.54, 1.807) is 36.4 Å². The number of hydrogen-bond acceptors (Lipinski definition) is 9. The molecular formula is C21H20N2O7S2. The predicted octanol–water partition coefficient (Wildman–Crippen LogP) is 3.80. The highest BCUT2D eigenvalue weighted by atomic mass is 32.2. The molecule has 0 radical (unpaired) electrons. The predicted molar refractivity (Wildman–Crippen MR) is 122 cm³/mol. The molecular weight excluding hydrogens is 456 g/mol. The van der Waals surface area contributed by atoms with Gasteiger partial charge >= 0.3 is 0 Å². The lowest BCUT2D eigenvalue weighted by Crippen LogP contribution is -2.32. The summed E-state index contributed by atoms with van der Waals surface area (Å²) in [6, 6.07) is 11.6. The minimum Gasteiger partial charge on any atom is -0.493 e.